The molecule has 4 aromatic carbocycles. The zero-order valence-electron chi connectivity index (χ0n) is 17.9. The summed E-state index contributed by atoms with van der Waals surface area (Å²) in [6.45, 7) is 0. The van der Waals surface area contributed by atoms with Gasteiger partial charge in [-0.3, -0.25) is 14.9 Å². The number of nitrogens with zero attached hydrogens (tertiary/aromatic N) is 2. The normalized spacial score (nSPS) is 11.4. The largest absolute Gasteiger partial charge is 0.507 e. The van der Waals surface area contributed by atoms with Crippen LogP contribution in [0, 0.1) is 10.1 Å². The molecule has 35 heavy (non-hydrogen) atoms. The van der Waals surface area contributed by atoms with Crippen molar-refractivity contribution in [3.63, 3.8) is 0 Å². The van der Waals surface area contributed by atoms with Crippen molar-refractivity contribution in [1.29, 1.82) is 0 Å². The molecule has 0 aliphatic heterocycles. The maximum absolute atomic E-state index is 12.4. The van der Waals surface area contributed by atoms with Crippen molar-refractivity contribution in [3.05, 3.63) is 106 Å². The van der Waals surface area contributed by atoms with Gasteiger partial charge < -0.3 is 9.29 Å². The van der Waals surface area contributed by atoms with E-state index < -0.39 is 20.9 Å². The zero-order valence-corrected chi connectivity index (χ0v) is 18.7. The number of nitrogens with one attached hydrogen (secondary N) is 1. The van der Waals surface area contributed by atoms with E-state index in [1.807, 2.05) is 24.3 Å². The second-order valence-electron chi connectivity index (χ2n) is 7.27. The highest BCUT2D eigenvalue weighted by Gasteiger charge is 2.18. The summed E-state index contributed by atoms with van der Waals surface area (Å²) in [4.78, 5) is 22.2. The number of hydrogen-bond acceptors (Lipinski definition) is 8. The summed E-state index contributed by atoms with van der Waals surface area (Å²) in [7, 11) is -4.18. The van der Waals surface area contributed by atoms with E-state index in [9.17, 15) is 28.4 Å². The lowest BCUT2D eigenvalue weighted by Gasteiger charge is -2.07. The first kappa shape index (κ1) is 23.4. The molecule has 0 aliphatic rings. The second kappa shape index (κ2) is 9.61. The van der Waals surface area contributed by atoms with Crippen molar-refractivity contribution >= 4 is 38.7 Å². The molecular formula is C24H17N3O7S. The van der Waals surface area contributed by atoms with Crippen LogP contribution < -0.4 is 9.61 Å². The molecule has 0 aromatic heterocycles. The Morgan fingerprint density at radius 2 is 1.60 bits per heavy atom. The summed E-state index contributed by atoms with van der Waals surface area (Å²) in [6, 6.07) is 20.5. The smallest absolute Gasteiger partial charge is 0.339 e. The summed E-state index contributed by atoms with van der Waals surface area (Å²) >= 11 is 0. The van der Waals surface area contributed by atoms with Crippen LogP contribution in [0.25, 0.3) is 10.8 Å². The van der Waals surface area contributed by atoms with Crippen LogP contribution in [0.2, 0.25) is 0 Å². The van der Waals surface area contributed by atoms with Gasteiger partial charge in [0.05, 0.1) is 16.7 Å². The van der Waals surface area contributed by atoms with Crippen LogP contribution in [0.3, 0.4) is 0 Å². The van der Waals surface area contributed by atoms with Gasteiger partial charge in [0.1, 0.15) is 16.4 Å². The summed E-state index contributed by atoms with van der Waals surface area (Å²) in [5.41, 5.74) is 2.70. The maximum Gasteiger partial charge on any atom is 0.339 e. The topological polar surface area (TPSA) is 148 Å². The molecule has 1 amide bonds. The number of non-ortho nitro benzene ring substituents is 1. The van der Waals surface area contributed by atoms with Gasteiger partial charge in [-0.25, -0.2) is 5.43 Å². The molecule has 0 unspecified atom stereocenters. The number of hydrazone groups is 1. The Balaban J connectivity index is 1.40. The minimum Gasteiger partial charge on any atom is -0.507 e. The Kier molecular flexibility index (Phi) is 6.42. The van der Waals surface area contributed by atoms with E-state index in [-0.39, 0.29) is 27.6 Å². The number of nitro groups is 1. The van der Waals surface area contributed by atoms with Crippen molar-refractivity contribution in [3.8, 4) is 11.5 Å². The first-order valence-corrected chi connectivity index (χ1v) is 11.5. The Bertz CT molecular complexity index is 1550. The number of amides is 1. The van der Waals surface area contributed by atoms with Gasteiger partial charge in [0, 0.05) is 12.1 Å². The summed E-state index contributed by atoms with van der Waals surface area (Å²) < 4.78 is 29.8. The number of carbonyl (C=O) groups is 1. The average Bonchev–Trinajstić information content (AvgIpc) is 2.84. The predicted molar refractivity (Wildman–Crippen MR) is 128 cm³/mol. The van der Waals surface area contributed by atoms with Gasteiger partial charge in [0.2, 0.25) is 0 Å². The number of rotatable bonds is 7. The van der Waals surface area contributed by atoms with Crippen molar-refractivity contribution in [2.45, 2.75) is 4.90 Å². The number of phenols is 1. The highest BCUT2D eigenvalue weighted by atomic mass is 32.2. The monoisotopic (exact) mass is 491 g/mol. The number of fused-ring (bicyclic) bond motifs is 1. The first-order valence-electron chi connectivity index (χ1n) is 10.1. The van der Waals surface area contributed by atoms with Crippen LogP contribution in [0.4, 0.5) is 5.69 Å². The Hall–Kier alpha value is -4.77. The first-order chi connectivity index (χ1) is 16.7. The van der Waals surface area contributed by atoms with Crippen LogP contribution in [-0.2, 0) is 10.1 Å². The fourth-order valence-electron chi connectivity index (χ4n) is 3.15. The van der Waals surface area contributed by atoms with Crippen LogP contribution in [0.1, 0.15) is 15.9 Å². The fraction of sp³-hybridized carbons (Fsp3) is 0. The third-order valence-corrected chi connectivity index (χ3v) is 6.17. The molecule has 2 N–H and O–H groups in total. The SMILES string of the molecule is O=C(N/N=C\c1ccc(OS(=O)(=O)c2ccc([N+](=O)[O-])cc2)cc1)c1cc2ccccc2cc1O. The zero-order chi connectivity index (χ0) is 25.0. The third-order valence-electron chi connectivity index (χ3n) is 4.91. The quantitative estimate of drug-likeness (QED) is 0.172. The molecule has 0 heterocycles. The van der Waals surface area contributed by atoms with Crippen LogP contribution in [-0.4, -0.2) is 30.6 Å². The number of nitro benzene ring substituents is 1. The molecule has 4 aromatic rings. The molecule has 0 saturated heterocycles. The van der Waals surface area contributed by atoms with Crippen molar-refractivity contribution < 1.29 is 27.4 Å². The summed E-state index contributed by atoms with van der Waals surface area (Å²) in [5.74, 6) is -0.753. The van der Waals surface area contributed by atoms with E-state index in [1.54, 1.807) is 6.07 Å². The van der Waals surface area contributed by atoms with Gasteiger partial charge in [-0.2, -0.15) is 13.5 Å². The van der Waals surface area contributed by atoms with Gasteiger partial charge in [0.15, 0.2) is 0 Å². The van der Waals surface area contributed by atoms with Gasteiger partial charge in [-0.05, 0) is 64.9 Å². The molecule has 0 radical (unpaired) electrons. The van der Waals surface area contributed by atoms with Crippen LogP contribution >= 0.6 is 0 Å². The van der Waals surface area contributed by atoms with E-state index in [4.69, 9.17) is 4.18 Å². The molecule has 0 bridgehead atoms. The standard InChI is InChI=1S/C24H17N3O7S/c28-23-14-18-4-2-1-3-17(18)13-22(23)24(29)26-25-15-16-5-9-20(10-6-16)34-35(32,33)21-11-7-19(8-12-21)27(30)31/h1-15,28H,(H,26,29)/b25-15-. The van der Waals surface area contributed by atoms with E-state index in [0.29, 0.717) is 5.56 Å². The molecule has 0 fully saturated rings. The molecule has 0 atom stereocenters. The van der Waals surface area contributed by atoms with E-state index in [2.05, 4.69) is 10.5 Å². The third kappa shape index (κ3) is 5.42. The molecule has 11 heteroatoms. The minimum atomic E-state index is -4.18. The predicted octanol–water partition coefficient (Wildman–Crippen LogP) is 3.99. The van der Waals surface area contributed by atoms with Gasteiger partial charge in [0.25, 0.3) is 11.6 Å². The van der Waals surface area contributed by atoms with E-state index in [1.165, 1.54) is 36.5 Å². The molecule has 4 rings (SSSR count). The molecule has 0 aliphatic carbocycles. The van der Waals surface area contributed by atoms with Crippen molar-refractivity contribution in [2.75, 3.05) is 0 Å². The second-order valence-corrected chi connectivity index (χ2v) is 8.82. The van der Waals surface area contributed by atoms with Crippen LogP contribution in [0.15, 0.2) is 94.9 Å². The van der Waals surface area contributed by atoms with E-state index >= 15 is 0 Å². The lowest BCUT2D eigenvalue weighted by atomic mass is 10.1. The lowest BCUT2D eigenvalue weighted by Crippen LogP contribution is -2.17. The highest BCUT2D eigenvalue weighted by Crippen LogP contribution is 2.25. The van der Waals surface area contributed by atoms with Crippen molar-refractivity contribution in [2.24, 2.45) is 5.10 Å². The van der Waals surface area contributed by atoms with Gasteiger partial charge in [-0.15, -0.1) is 0 Å². The highest BCUT2D eigenvalue weighted by molar-refractivity contribution is 7.87. The molecule has 176 valence electrons. The average molecular weight is 491 g/mol. The van der Waals surface area contributed by atoms with Crippen molar-refractivity contribution in [1.82, 2.24) is 5.43 Å². The van der Waals surface area contributed by atoms with Gasteiger partial charge in [-0.1, -0.05) is 24.3 Å². The lowest BCUT2D eigenvalue weighted by molar-refractivity contribution is -0.384. The molecule has 0 saturated carbocycles. The van der Waals surface area contributed by atoms with E-state index in [0.717, 1.165) is 35.0 Å². The number of aromatic hydroxyl groups is 1. The molecule has 10 nitrogen and oxygen atoms in total. The Morgan fingerprint density at radius 1 is 0.971 bits per heavy atom. The van der Waals surface area contributed by atoms with Gasteiger partial charge >= 0.3 is 10.1 Å². The minimum absolute atomic E-state index is 0.0191. The number of carbonyl (C=O) groups excluding carboxylic acids is 1. The maximum atomic E-state index is 12.4. The fourth-order valence-corrected chi connectivity index (χ4v) is 4.08. The Labute approximate surface area is 199 Å². The number of hydrogen-bond donors (Lipinski definition) is 2. The Morgan fingerprint density at radius 3 is 2.23 bits per heavy atom. The number of phenolic OH excluding ortho intramolecular Hbond substituents is 1. The number of benzene rings is 4. The summed E-state index contributed by atoms with van der Waals surface area (Å²) in [6.07, 6.45) is 1.34. The molecular weight excluding hydrogens is 474 g/mol. The van der Waals surface area contributed by atoms with Crippen LogP contribution in [0.5, 0.6) is 11.5 Å². The summed E-state index contributed by atoms with van der Waals surface area (Å²) in [5, 5.41) is 26.3. The molecule has 0 spiro atoms.